The molecule has 0 saturated heterocycles. The molecule has 0 atom stereocenters. The van der Waals surface area contributed by atoms with Gasteiger partial charge in [-0.2, -0.15) is 5.10 Å². The minimum atomic E-state index is -0.294. The molecule has 1 heterocycles. The zero-order chi connectivity index (χ0) is 14.7. The molecule has 1 aromatic heterocycles. The van der Waals surface area contributed by atoms with Crippen molar-refractivity contribution in [1.82, 2.24) is 15.1 Å². The number of aromatic nitrogens is 2. The van der Waals surface area contributed by atoms with Crippen LogP contribution in [-0.4, -0.2) is 33.6 Å². The van der Waals surface area contributed by atoms with Crippen molar-refractivity contribution in [2.45, 2.75) is 19.9 Å². The molecule has 5 nitrogen and oxygen atoms in total. The molecule has 1 aromatic carbocycles. The lowest BCUT2D eigenvalue weighted by molar-refractivity contribution is 0.0724. The van der Waals surface area contributed by atoms with Crippen LogP contribution in [0.2, 0.25) is 0 Å². The average Bonchev–Trinajstić information content (AvgIpc) is 2.44. The second kappa shape index (κ2) is 5.69. The summed E-state index contributed by atoms with van der Waals surface area (Å²) in [5.41, 5.74) is -0.0345. The number of carbonyl (C=O) groups excluding carboxylic acids is 1. The van der Waals surface area contributed by atoms with E-state index in [-0.39, 0.29) is 23.2 Å². The van der Waals surface area contributed by atoms with E-state index < -0.39 is 0 Å². The van der Waals surface area contributed by atoms with E-state index in [4.69, 9.17) is 0 Å². The highest BCUT2D eigenvalue weighted by Gasteiger charge is 2.21. The Kier molecular flexibility index (Phi) is 3.98. The Balaban J connectivity index is 2.57. The summed E-state index contributed by atoms with van der Waals surface area (Å²) in [5.74, 6) is -0.215. The highest BCUT2D eigenvalue weighted by atomic mass is 16.2. The van der Waals surface area contributed by atoms with Gasteiger partial charge in [0.15, 0.2) is 5.69 Å². The van der Waals surface area contributed by atoms with Gasteiger partial charge in [-0.15, -0.1) is 6.58 Å². The lowest BCUT2D eigenvalue weighted by Crippen LogP contribution is -2.38. The van der Waals surface area contributed by atoms with E-state index in [2.05, 4.69) is 16.8 Å². The number of carbonyl (C=O) groups is 1. The number of aromatic amines is 1. The smallest absolute Gasteiger partial charge is 0.275 e. The molecular formula is C15H17N3O2. The molecule has 1 N–H and O–H groups in total. The van der Waals surface area contributed by atoms with Crippen LogP contribution in [-0.2, 0) is 0 Å². The summed E-state index contributed by atoms with van der Waals surface area (Å²) in [6.45, 7) is 7.95. The maximum atomic E-state index is 12.6. The summed E-state index contributed by atoms with van der Waals surface area (Å²) in [7, 11) is 0. The van der Waals surface area contributed by atoms with Gasteiger partial charge in [-0.25, -0.2) is 5.10 Å². The first kappa shape index (κ1) is 14.0. The number of benzene rings is 1. The Bertz CT molecular complexity index is 704. The fourth-order valence-corrected chi connectivity index (χ4v) is 2.08. The Morgan fingerprint density at radius 2 is 2.05 bits per heavy atom. The van der Waals surface area contributed by atoms with Crippen LogP contribution in [0.25, 0.3) is 10.8 Å². The molecule has 0 aliphatic carbocycles. The highest BCUT2D eigenvalue weighted by molar-refractivity contribution is 6.04. The molecule has 20 heavy (non-hydrogen) atoms. The fourth-order valence-electron chi connectivity index (χ4n) is 2.08. The molecule has 0 radical (unpaired) electrons. The van der Waals surface area contributed by atoms with Crippen LogP contribution in [0, 0.1) is 0 Å². The van der Waals surface area contributed by atoms with Crippen molar-refractivity contribution in [1.29, 1.82) is 0 Å². The molecule has 0 aliphatic rings. The van der Waals surface area contributed by atoms with Crippen molar-refractivity contribution in [3.05, 3.63) is 53.0 Å². The van der Waals surface area contributed by atoms with Gasteiger partial charge in [-0.1, -0.05) is 24.3 Å². The van der Waals surface area contributed by atoms with Gasteiger partial charge in [0.05, 0.1) is 5.39 Å². The SMILES string of the molecule is C=CCN(C(=O)c1n[nH]c(=O)c2ccccc12)C(C)C. The predicted molar refractivity (Wildman–Crippen MR) is 78.7 cm³/mol. The first-order chi connectivity index (χ1) is 9.56. The van der Waals surface area contributed by atoms with Crippen LogP contribution < -0.4 is 5.56 Å². The number of fused-ring (bicyclic) bond motifs is 1. The van der Waals surface area contributed by atoms with E-state index in [0.717, 1.165) is 0 Å². The molecule has 0 saturated carbocycles. The number of nitrogens with zero attached hydrogens (tertiary/aromatic N) is 2. The molecule has 1 amide bonds. The fraction of sp³-hybridized carbons (Fsp3) is 0.267. The standard InChI is InChI=1S/C15H17N3O2/c1-4-9-18(10(2)3)15(20)13-11-7-5-6-8-12(11)14(19)17-16-13/h4-8,10H,1,9H2,2-3H3,(H,17,19). The van der Waals surface area contributed by atoms with E-state index in [1.807, 2.05) is 13.8 Å². The van der Waals surface area contributed by atoms with Crippen LogP contribution in [0.4, 0.5) is 0 Å². The number of rotatable bonds is 4. The monoisotopic (exact) mass is 271 g/mol. The maximum Gasteiger partial charge on any atom is 0.275 e. The summed E-state index contributed by atoms with van der Waals surface area (Å²) >= 11 is 0. The van der Waals surface area contributed by atoms with Crippen molar-refractivity contribution in [3.63, 3.8) is 0 Å². The summed E-state index contributed by atoms with van der Waals surface area (Å²) in [6, 6.07) is 6.98. The van der Waals surface area contributed by atoms with Gasteiger partial charge in [0.1, 0.15) is 0 Å². The Morgan fingerprint density at radius 3 is 2.65 bits per heavy atom. The summed E-state index contributed by atoms with van der Waals surface area (Å²) in [5, 5.41) is 7.34. The Morgan fingerprint density at radius 1 is 1.40 bits per heavy atom. The molecule has 0 fully saturated rings. The quantitative estimate of drug-likeness (QED) is 0.864. The second-order valence-electron chi connectivity index (χ2n) is 4.79. The van der Waals surface area contributed by atoms with Crippen LogP contribution in [0.5, 0.6) is 0 Å². The second-order valence-corrected chi connectivity index (χ2v) is 4.79. The molecule has 0 unspecified atom stereocenters. The van der Waals surface area contributed by atoms with Gasteiger partial charge in [0, 0.05) is 18.0 Å². The normalized spacial score (nSPS) is 10.8. The zero-order valence-corrected chi connectivity index (χ0v) is 11.6. The van der Waals surface area contributed by atoms with Gasteiger partial charge in [-0.05, 0) is 19.9 Å². The van der Waals surface area contributed by atoms with Crippen molar-refractivity contribution in [2.24, 2.45) is 0 Å². The first-order valence-corrected chi connectivity index (χ1v) is 6.45. The van der Waals surface area contributed by atoms with Crippen LogP contribution in [0.1, 0.15) is 24.3 Å². The minimum Gasteiger partial charge on any atom is -0.331 e. The van der Waals surface area contributed by atoms with E-state index in [1.165, 1.54) is 0 Å². The third-order valence-corrected chi connectivity index (χ3v) is 3.11. The number of H-pyrrole nitrogens is 1. The highest BCUT2D eigenvalue weighted by Crippen LogP contribution is 2.15. The topological polar surface area (TPSA) is 66.1 Å². The van der Waals surface area contributed by atoms with Crippen molar-refractivity contribution < 1.29 is 4.79 Å². The molecule has 0 bridgehead atoms. The van der Waals surface area contributed by atoms with E-state index in [9.17, 15) is 9.59 Å². The van der Waals surface area contributed by atoms with E-state index in [1.54, 1.807) is 35.2 Å². The zero-order valence-electron chi connectivity index (χ0n) is 11.6. The van der Waals surface area contributed by atoms with Gasteiger partial charge in [0.25, 0.3) is 11.5 Å². The van der Waals surface area contributed by atoms with Gasteiger partial charge in [-0.3, -0.25) is 9.59 Å². The number of hydrogen-bond donors (Lipinski definition) is 1. The van der Waals surface area contributed by atoms with E-state index in [0.29, 0.717) is 17.3 Å². The molecule has 2 aromatic rings. The van der Waals surface area contributed by atoms with Crippen molar-refractivity contribution in [3.8, 4) is 0 Å². The van der Waals surface area contributed by atoms with Crippen LogP contribution >= 0.6 is 0 Å². The Labute approximate surface area is 116 Å². The van der Waals surface area contributed by atoms with Gasteiger partial charge < -0.3 is 4.90 Å². The number of hydrogen-bond acceptors (Lipinski definition) is 3. The third kappa shape index (κ3) is 2.47. The summed E-state index contributed by atoms with van der Waals surface area (Å²) in [4.78, 5) is 26.0. The van der Waals surface area contributed by atoms with Gasteiger partial charge in [0.2, 0.25) is 0 Å². The molecule has 5 heteroatoms. The first-order valence-electron chi connectivity index (χ1n) is 6.45. The summed E-state index contributed by atoms with van der Waals surface area (Å²) < 4.78 is 0. The van der Waals surface area contributed by atoms with Crippen molar-refractivity contribution in [2.75, 3.05) is 6.54 Å². The molecule has 104 valence electrons. The molecule has 0 aliphatic heterocycles. The van der Waals surface area contributed by atoms with E-state index >= 15 is 0 Å². The average molecular weight is 271 g/mol. The Hall–Kier alpha value is -2.43. The van der Waals surface area contributed by atoms with Crippen LogP contribution in [0.3, 0.4) is 0 Å². The minimum absolute atomic E-state index is 0.0213. The number of amides is 1. The molecule has 2 rings (SSSR count). The largest absolute Gasteiger partial charge is 0.331 e. The molecule has 0 spiro atoms. The predicted octanol–water partition coefficient (Wildman–Crippen LogP) is 1.96. The lowest BCUT2D eigenvalue weighted by atomic mass is 10.1. The lowest BCUT2D eigenvalue weighted by Gasteiger charge is -2.25. The van der Waals surface area contributed by atoms with Gasteiger partial charge >= 0.3 is 0 Å². The third-order valence-electron chi connectivity index (χ3n) is 3.11. The number of nitrogens with one attached hydrogen (secondary N) is 1. The maximum absolute atomic E-state index is 12.6. The van der Waals surface area contributed by atoms with Crippen molar-refractivity contribution >= 4 is 16.7 Å². The van der Waals surface area contributed by atoms with Crippen LogP contribution in [0.15, 0.2) is 41.7 Å². The summed E-state index contributed by atoms with van der Waals surface area (Å²) in [6.07, 6.45) is 1.67. The molecular weight excluding hydrogens is 254 g/mol.